The highest BCUT2D eigenvalue weighted by Gasteiger charge is 2.23. The van der Waals surface area contributed by atoms with E-state index in [9.17, 15) is 13.2 Å². The molecular weight excluding hydrogens is 410 g/mol. The normalized spacial score (nSPS) is 17.3. The quantitative estimate of drug-likeness (QED) is 0.599. The van der Waals surface area contributed by atoms with Gasteiger partial charge in [-0.15, -0.1) is 0 Å². The van der Waals surface area contributed by atoms with Crippen LogP contribution in [-0.2, 0) is 10.0 Å². The Morgan fingerprint density at radius 3 is 2.48 bits per heavy atom. The van der Waals surface area contributed by atoms with E-state index < -0.39 is 10.0 Å². The van der Waals surface area contributed by atoms with Crippen LogP contribution in [0.4, 0.5) is 5.69 Å². The van der Waals surface area contributed by atoms with Crippen LogP contribution in [0.1, 0.15) is 43.5 Å². The van der Waals surface area contributed by atoms with Crippen molar-refractivity contribution >= 4 is 21.6 Å². The molecule has 1 fully saturated rings. The molecule has 0 radical (unpaired) electrons. The average Bonchev–Trinajstić information content (AvgIpc) is 2.78. The molecule has 1 saturated heterocycles. The van der Waals surface area contributed by atoms with E-state index in [2.05, 4.69) is 17.1 Å². The van der Waals surface area contributed by atoms with Gasteiger partial charge in [0.25, 0.3) is 15.9 Å². The van der Waals surface area contributed by atoms with Gasteiger partial charge in [0, 0.05) is 25.2 Å². The molecule has 1 aliphatic rings. The predicted molar refractivity (Wildman–Crippen MR) is 125 cm³/mol. The van der Waals surface area contributed by atoms with Crippen molar-refractivity contribution in [1.29, 1.82) is 0 Å². The van der Waals surface area contributed by atoms with Crippen molar-refractivity contribution in [2.75, 3.05) is 37.0 Å². The number of rotatable bonds is 9. The third kappa shape index (κ3) is 6.08. The molecule has 2 aromatic rings. The Morgan fingerprint density at radius 1 is 1.13 bits per heavy atom. The third-order valence-corrected chi connectivity index (χ3v) is 7.63. The Bertz CT molecular complexity index is 946. The van der Waals surface area contributed by atoms with Gasteiger partial charge < -0.3 is 10.2 Å². The van der Waals surface area contributed by atoms with Crippen LogP contribution >= 0.6 is 0 Å². The topological polar surface area (TPSA) is 69.7 Å². The summed E-state index contributed by atoms with van der Waals surface area (Å²) in [4.78, 5) is 15.2. The van der Waals surface area contributed by atoms with Gasteiger partial charge in [0.2, 0.25) is 0 Å². The zero-order valence-corrected chi connectivity index (χ0v) is 19.3. The lowest BCUT2D eigenvalue weighted by Gasteiger charge is -2.30. The molecule has 0 spiro atoms. The molecule has 1 heterocycles. The fraction of sp³-hybridized carbons (Fsp3) is 0.458. The fourth-order valence-electron chi connectivity index (χ4n) is 4.09. The van der Waals surface area contributed by atoms with Crippen LogP contribution in [0.2, 0.25) is 0 Å². The summed E-state index contributed by atoms with van der Waals surface area (Å²) in [5.74, 6) is 0.628. The second-order valence-electron chi connectivity index (χ2n) is 8.19. The van der Waals surface area contributed by atoms with E-state index >= 15 is 0 Å². The van der Waals surface area contributed by atoms with Crippen LogP contribution < -0.4 is 9.62 Å². The summed E-state index contributed by atoms with van der Waals surface area (Å²) in [5.41, 5.74) is 1.07. The molecule has 7 heteroatoms. The van der Waals surface area contributed by atoms with Gasteiger partial charge in [-0.3, -0.25) is 9.10 Å². The fourth-order valence-corrected chi connectivity index (χ4v) is 5.58. The van der Waals surface area contributed by atoms with Crippen LogP contribution in [-0.4, -0.2) is 51.9 Å². The van der Waals surface area contributed by atoms with Gasteiger partial charge in [-0.2, -0.15) is 0 Å². The van der Waals surface area contributed by atoms with E-state index in [0.717, 1.165) is 32.0 Å². The lowest BCUT2D eigenvalue weighted by atomic mass is 10.0. The molecule has 1 amide bonds. The molecule has 0 aromatic heterocycles. The lowest BCUT2D eigenvalue weighted by Crippen LogP contribution is -2.36. The maximum atomic E-state index is 13.0. The second-order valence-corrected chi connectivity index (χ2v) is 10.0. The number of hydrogen-bond donors (Lipinski definition) is 1. The number of carbonyl (C=O) groups excluding carboxylic acids is 1. The van der Waals surface area contributed by atoms with Crippen molar-refractivity contribution < 1.29 is 13.2 Å². The molecule has 6 nitrogen and oxygen atoms in total. The number of hydrogen-bond acceptors (Lipinski definition) is 4. The summed E-state index contributed by atoms with van der Waals surface area (Å²) in [5, 5.41) is 2.97. The smallest absolute Gasteiger partial charge is 0.264 e. The number of nitrogens with one attached hydrogen (secondary N) is 1. The summed E-state index contributed by atoms with van der Waals surface area (Å²) >= 11 is 0. The Balaban J connectivity index is 1.55. The van der Waals surface area contributed by atoms with Crippen LogP contribution in [0.3, 0.4) is 0 Å². The Morgan fingerprint density at radius 2 is 1.84 bits per heavy atom. The number of sulfonamides is 1. The summed E-state index contributed by atoms with van der Waals surface area (Å²) in [6.45, 7) is 8.33. The first-order valence-corrected chi connectivity index (χ1v) is 12.5. The number of carbonyl (C=O) groups is 1. The SMILES string of the molecule is CCN(c1ccc(C(=O)NCCCN2CCCC(C)C2)cc1)S(=O)(=O)c1ccccc1. The number of likely N-dealkylation sites (tertiary alicyclic amines) is 1. The lowest BCUT2D eigenvalue weighted by molar-refractivity contribution is 0.0950. The molecule has 31 heavy (non-hydrogen) atoms. The molecule has 1 unspecified atom stereocenters. The summed E-state index contributed by atoms with van der Waals surface area (Å²) in [6.07, 6.45) is 3.50. The Labute approximate surface area is 186 Å². The molecule has 1 atom stereocenters. The van der Waals surface area contributed by atoms with Gasteiger partial charge in [-0.1, -0.05) is 25.1 Å². The van der Waals surface area contributed by atoms with Crippen molar-refractivity contribution in [3.8, 4) is 0 Å². The first kappa shape index (κ1) is 23.3. The highest BCUT2D eigenvalue weighted by molar-refractivity contribution is 7.92. The monoisotopic (exact) mass is 443 g/mol. The van der Waals surface area contributed by atoms with Crippen LogP contribution in [0.15, 0.2) is 59.5 Å². The van der Waals surface area contributed by atoms with Crippen LogP contribution in [0.5, 0.6) is 0 Å². The molecular formula is C24H33N3O3S. The van der Waals surface area contributed by atoms with Crippen molar-refractivity contribution in [3.05, 3.63) is 60.2 Å². The third-order valence-electron chi connectivity index (χ3n) is 5.71. The van der Waals surface area contributed by atoms with E-state index in [1.807, 2.05) is 0 Å². The highest BCUT2D eigenvalue weighted by atomic mass is 32.2. The Kier molecular flexibility index (Phi) is 8.09. The molecule has 3 rings (SSSR count). The van der Waals surface area contributed by atoms with Crippen LogP contribution in [0.25, 0.3) is 0 Å². The van der Waals surface area contributed by atoms with Crippen molar-refractivity contribution in [3.63, 3.8) is 0 Å². The molecule has 0 saturated carbocycles. The molecule has 1 N–H and O–H groups in total. The number of amides is 1. The van der Waals surface area contributed by atoms with Crippen LogP contribution in [0, 0.1) is 5.92 Å². The molecule has 0 aliphatic carbocycles. The number of nitrogens with zero attached hydrogens (tertiary/aromatic N) is 2. The maximum Gasteiger partial charge on any atom is 0.264 e. The first-order chi connectivity index (χ1) is 14.9. The first-order valence-electron chi connectivity index (χ1n) is 11.1. The van der Waals surface area contributed by atoms with E-state index in [4.69, 9.17) is 0 Å². The number of anilines is 1. The van der Waals surface area contributed by atoms with Crippen molar-refractivity contribution in [2.24, 2.45) is 5.92 Å². The molecule has 1 aliphatic heterocycles. The van der Waals surface area contributed by atoms with E-state index in [1.165, 1.54) is 17.1 Å². The maximum absolute atomic E-state index is 13.0. The minimum atomic E-state index is -3.64. The zero-order valence-electron chi connectivity index (χ0n) is 18.5. The van der Waals surface area contributed by atoms with Crippen molar-refractivity contribution in [1.82, 2.24) is 10.2 Å². The van der Waals surface area contributed by atoms with Crippen molar-refractivity contribution in [2.45, 2.75) is 38.0 Å². The standard InChI is InChI=1S/C24H33N3O3S/c1-3-27(31(29,30)23-10-5-4-6-11-23)22-14-12-21(13-15-22)24(28)25-16-8-18-26-17-7-9-20(2)19-26/h4-6,10-15,20H,3,7-9,16-19H2,1-2H3,(H,25,28). The number of benzene rings is 2. The van der Waals surface area contributed by atoms with E-state index in [0.29, 0.717) is 24.3 Å². The molecule has 0 bridgehead atoms. The molecule has 168 valence electrons. The predicted octanol–water partition coefficient (Wildman–Crippen LogP) is 3.75. The van der Waals surface area contributed by atoms with E-state index in [1.54, 1.807) is 61.5 Å². The zero-order chi connectivity index (χ0) is 22.3. The summed E-state index contributed by atoms with van der Waals surface area (Å²) in [7, 11) is -3.64. The highest BCUT2D eigenvalue weighted by Crippen LogP contribution is 2.23. The summed E-state index contributed by atoms with van der Waals surface area (Å²) < 4.78 is 27.3. The Hall–Kier alpha value is -2.38. The van der Waals surface area contributed by atoms with Gasteiger partial charge in [0.05, 0.1) is 10.6 Å². The van der Waals surface area contributed by atoms with Gasteiger partial charge in [-0.05, 0) is 81.6 Å². The molecule has 2 aromatic carbocycles. The minimum absolute atomic E-state index is 0.132. The largest absolute Gasteiger partial charge is 0.352 e. The van der Waals surface area contributed by atoms with E-state index in [-0.39, 0.29) is 10.8 Å². The van der Waals surface area contributed by atoms with Gasteiger partial charge in [0.1, 0.15) is 0 Å². The number of piperidine rings is 1. The minimum Gasteiger partial charge on any atom is -0.352 e. The van der Waals surface area contributed by atoms with Gasteiger partial charge >= 0.3 is 0 Å². The summed E-state index contributed by atoms with van der Waals surface area (Å²) in [6, 6.07) is 15.1. The average molecular weight is 444 g/mol. The second kappa shape index (κ2) is 10.8. The van der Waals surface area contributed by atoms with Gasteiger partial charge in [0.15, 0.2) is 0 Å². The van der Waals surface area contributed by atoms with Gasteiger partial charge in [-0.25, -0.2) is 8.42 Å².